The van der Waals surface area contributed by atoms with Gasteiger partial charge in [0, 0.05) is 6.07 Å². The number of sulfonamides is 1. The minimum atomic E-state index is -3.78. The number of hydrogen-bond acceptors (Lipinski definition) is 6. The molecule has 0 unspecified atom stereocenters. The van der Waals surface area contributed by atoms with Crippen LogP contribution in [-0.2, 0) is 14.8 Å². The van der Waals surface area contributed by atoms with Gasteiger partial charge in [0.25, 0.3) is 0 Å². The molecule has 28 heavy (non-hydrogen) atoms. The van der Waals surface area contributed by atoms with Crippen LogP contribution in [0.2, 0.25) is 0 Å². The highest BCUT2D eigenvalue weighted by Crippen LogP contribution is 2.34. The molecule has 1 N–H and O–H groups in total. The van der Waals surface area contributed by atoms with E-state index in [1.807, 2.05) is 6.92 Å². The molecular weight excluding hydrogens is 384 g/mol. The van der Waals surface area contributed by atoms with E-state index in [1.165, 1.54) is 20.3 Å². The first-order valence-electron chi connectivity index (χ1n) is 8.51. The number of benzene rings is 2. The number of para-hydroxylation sites is 2. The van der Waals surface area contributed by atoms with Crippen molar-refractivity contribution in [2.24, 2.45) is 0 Å². The molecule has 1 amide bonds. The maximum absolute atomic E-state index is 12.6. The normalized spacial score (nSPS) is 10.9. The quantitative estimate of drug-likeness (QED) is 0.685. The molecule has 0 heterocycles. The first-order chi connectivity index (χ1) is 13.3. The Morgan fingerprint density at radius 1 is 1.07 bits per heavy atom. The van der Waals surface area contributed by atoms with E-state index < -0.39 is 22.5 Å². The Hall–Kier alpha value is -2.94. The van der Waals surface area contributed by atoms with E-state index in [1.54, 1.807) is 36.4 Å². The van der Waals surface area contributed by atoms with Crippen molar-refractivity contribution in [2.75, 3.05) is 43.2 Å². The largest absolute Gasteiger partial charge is 0.497 e. The molecule has 0 aliphatic rings. The number of ether oxygens (including phenoxy) is 3. The summed E-state index contributed by atoms with van der Waals surface area (Å²) in [5.41, 5.74) is 0.665. The topological polar surface area (TPSA) is 94.2 Å². The lowest BCUT2D eigenvalue weighted by Crippen LogP contribution is -2.37. The zero-order valence-electron chi connectivity index (χ0n) is 16.3. The van der Waals surface area contributed by atoms with Crippen molar-refractivity contribution in [3.63, 3.8) is 0 Å². The van der Waals surface area contributed by atoms with Crippen molar-refractivity contribution in [1.29, 1.82) is 0 Å². The Bertz CT molecular complexity index is 930. The van der Waals surface area contributed by atoms with Crippen molar-refractivity contribution in [2.45, 2.75) is 6.92 Å². The molecule has 2 rings (SSSR count). The molecule has 0 radical (unpaired) electrons. The van der Waals surface area contributed by atoms with Crippen LogP contribution >= 0.6 is 0 Å². The lowest BCUT2D eigenvalue weighted by atomic mass is 10.2. The Morgan fingerprint density at radius 2 is 1.79 bits per heavy atom. The molecular formula is C19H24N2O6S. The number of carbonyl (C=O) groups excluding carboxylic acids is 1. The molecule has 0 aliphatic carbocycles. The van der Waals surface area contributed by atoms with Crippen LogP contribution in [0.3, 0.4) is 0 Å². The summed E-state index contributed by atoms with van der Waals surface area (Å²) in [6.07, 6.45) is 1.02. The third-order valence-electron chi connectivity index (χ3n) is 3.80. The van der Waals surface area contributed by atoms with Gasteiger partial charge in [-0.25, -0.2) is 8.42 Å². The molecule has 0 bridgehead atoms. The van der Waals surface area contributed by atoms with Crippen molar-refractivity contribution >= 4 is 27.3 Å². The molecule has 0 fully saturated rings. The number of nitrogens with zero attached hydrogens (tertiary/aromatic N) is 1. The van der Waals surface area contributed by atoms with Gasteiger partial charge >= 0.3 is 0 Å². The fourth-order valence-corrected chi connectivity index (χ4v) is 3.40. The summed E-state index contributed by atoms with van der Waals surface area (Å²) in [5.74, 6) is 0.714. The fourth-order valence-electron chi connectivity index (χ4n) is 2.54. The molecule has 0 aromatic heterocycles. The Labute approximate surface area is 165 Å². The molecule has 0 saturated carbocycles. The van der Waals surface area contributed by atoms with Crippen LogP contribution in [0.4, 0.5) is 11.4 Å². The van der Waals surface area contributed by atoms with Crippen molar-refractivity contribution in [1.82, 2.24) is 0 Å². The number of carbonyl (C=O) groups is 1. The predicted molar refractivity (Wildman–Crippen MR) is 108 cm³/mol. The van der Waals surface area contributed by atoms with Crippen LogP contribution in [0, 0.1) is 0 Å². The van der Waals surface area contributed by atoms with E-state index in [0.29, 0.717) is 29.5 Å². The van der Waals surface area contributed by atoms with Crippen molar-refractivity contribution in [3.8, 4) is 17.2 Å². The third kappa shape index (κ3) is 5.29. The standard InChI is InChI=1S/C19H24N2O6S/c1-5-27-17-9-7-6-8-15(17)20-19(22)13-21(28(4,23)24)16-12-14(25-2)10-11-18(16)26-3/h6-12H,5,13H2,1-4H3,(H,20,22). The van der Waals surface area contributed by atoms with Gasteiger partial charge < -0.3 is 19.5 Å². The summed E-state index contributed by atoms with van der Waals surface area (Å²) < 4.78 is 41.6. The lowest BCUT2D eigenvalue weighted by Gasteiger charge is -2.24. The van der Waals surface area contributed by atoms with E-state index >= 15 is 0 Å². The molecule has 0 aliphatic heterocycles. The molecule has 0 spiro atoms. The number of methoxy groups -OCH3 is 2. The average Bonchev–Trinajstić information content (AvgIpc) is 2.66. The molecule has 0 atom stereocenters. The first-order valence-corrected chi connectivity index (χ1v) is 10.4. The van der Waals surface area contributed by atoms with Crippen LogP contribution < -0.4 is 23.8 Å². The zero-order valence-corrected chi connectivity index (χ0v) is 17.1. The SMILES string of the molecule is CCOc1ccccc1NC(=O)CN(c1cc(OC)ccc1OC)S(C)(=O)=O. The van der Waals surface area contributed by atoms with Gasteiger partial charge in [-0.2, -0.15) is 0 Å². The number of amides is 1. The maximum atomic E-state index is 12.6. The molecule has 2 aromatic carbocycles. The van der Waals surface area contributed by atoms with E-state index in [0.717, 1.165) is 10.6 Å². The third-order valence-corrected chi connectivity index (χ3v) is 4.93. The minimum Gasteiger partial charge on any atom is -0.497 e. The highest BCUT2D eigenvalue weighted by Gasteiger charge is 2.25. The number of hydrogen-bond donors (Lipinski definition) is 1. The van der Waals surface area contributed by atoms with E-state index in [2.05, 4.69) is 5.32 Å². The number of rotatable bonds is 9. The fraction of sp³-hybridized carbons (Fsp3) is 0.316. The van der Waals surface area contributed by atoms with Gasteiger partial charge in [0.15, 0.2) is 0 Å². The molecule has 8 nitrogen and oxygen atoms in total. The smallest absolute Gasteiger partial charge is 0.245 e. The summed E-state index contributed by atoms with van der Waals surface area (Å²) in [4.78, 5) is 12.6. The van der Waals surface area contributed by atoms with Crippen LogP contribution in [0.5, 0.6) is 17.2 Å². The first kappa shape index (κ1) is 21.4. The number of nitrogens with one attached hydrogen (secondary N) is 1. The molecule has 2 aromatic rings. The van der Waals surface area contributed by atoms with Crippen molar-refractivity contribution in [3.05, 3.63) is 42.5 Å². The monoisotopic (exact) mass is 408 g/mol. The van der Waals surface area contributed by atoms with Crippen LogP contribution in [0.25, 0.3) is 0 Å². The average molecular weight is 408 g/mol. The second kappa shape index (κ2) is 9.32. The maximum Gasteiger partial charge on any atom is 0.245 e. The second-order valence-electron chi connectivity index (χ2n) is 5.78. The Morgan fingerprint density at radius 3 is 2.39 bits per heavy atom. The van der Waals surface area contributed by atoms with Gasteiger partial charge in [0.1, 0.15) is 23.8 Å². The van der Waals surface area contributed by atoms with E-state index in [-0.39, 0.29) is 5.69 Å². The summed E-state index contributed by atoms with van der Waals surface area (Å²) in [6.45, 7) is 1.82. The van der Waals surface area contributed by atoms with Gasteiger partial charge in [-0.1, -0.05) is 12.1 Å². The van der Waals surface area contributed by atoms with Gasteiger partial charge in [-0.15, -0.1) is 0 Å². The van der Waals surface area contributed by atoms with Gasteiger partial charge in [-0.05, 0) is 31.2 Å². The number of anilines is 2. The highest BCUT2D eigenvalue weighted by molar-refractivity contribution is 7.92. The minimum absolute atomic E-state index is 0.206. The van der Waals surface area contributed by atoms with Crippen LogP contribution in [-0.4, -0.2) is 48.0 Å². The van der Waals surface area contributed by atoms with Gasteiger partial charge in [0.2, 0.25) is 15.9 Å². The summed E-state index contributed by atoms with van der Waals surface area (Å²) in [7, 11) is -0.891. The Balaban J connectivity index is 2.33. The highest BCUT2D eigenvalue weighted by atomic mass is 32.2. The molecule has 9 heteroatoms. The lowest BCUT2D eigenvalue weighted by molar-refractivity contribution is -0.114. The van der Waals surface area contributed by atoms with Gasteiger partial charge in [-0.3, -0.25) is 9.10 Å². The molecule has 152 valence electrons. The Kier molecular flexibility index (Phi) is 7.11. The van der Waals surface area contributed by atoms with Crippen LogP contribution in [0.15, 0.2) is 42.5 Å². The zero-order chi connectivity index (χ0) is 20.7. The summed E-state index contributed by atoms with van der Waals surface area (Å²) in [5, 5.41) is 2.69. The van der Waals surface area contributed by atoms with Crippen molar-refractivity contribution < 1.29 is 27.4 Å². The van der Waals surface area contributed by atoms with Crippen LogP contribution in [0.1, 0.15) is 6.92 Å². The predicted octanol–water partition coefficient (Wildman–Crippen LogP) is 2.51. The van der Waals surface area contributed by atoms with E-state index in [9.17, 15) is 13.2 Å². The van der Waals surface area contributed by atoms with E-state index in [4.69, 9.17) is 14.2 Å². The van der Waals surface area contributed by atoms with Gasteiger partial charge in [0.05, 0.1) is 38.5 Å². The molecule has 0 saturated heterocycles. The summed E-state index contributed by atoms with van der Waals surface area (Å²) >= 11 is 0. The summed E-state index contributed by atoms with van der Waals surface area (Å²) in [6, 6.07) is 11.7. The second-order valence-corrected chi connectivity index (χ2v) is 7.69.